The molecular weight excluding hydrogens is 422 g/mol. The normalized spacial score (nSPS) is 13.0. The monoisotopic (exact) mass is 441 g/mol. The lowest BCUT2D eigenvalue weighted by Gasteiger charge is -2.29. The summed E-state index contributed by atoms with van der Waals surface area (Å²) in [6, 6.07) is 15.3. The second-order valence-electron chi connectivity index (χ2n) is 7.02. The average molecular weight is 442 g/mol. The molecule has 8 heteroatoms. The summed E-state index contributed by atoms with van der Waals surface area (Å²) in [5, 5.41) is 1.16. The Morgan fingerprint density at radius 1 is 1.00 bits per heavy atom. The van der Waals surface area contributed by atoms with E-state index in [2.05, 4.69) is 10.9 Å². The minimum Gasteiger partial charge on any atom is -0.312 e. The lowest BCUT2D eigenvalue weighted by Crippen LogP contribution is -2.42. The maximum atomic E-state index is 12.6. The summed E-state index contributed by atoms with van der Waals surface area (Å²) in [5.41, 5.74) is 6.82. The summed E-state index contributed by atoms with van der Waals surface area (Å²) in [6.45, 7) is 0.651. The molecule has 2 aromatic carbocycles. The fourth-order valence-electron chi connectivity index (χ4n) is 3.55. The number of aryl methyl sites for hydroxylation is 1. The molecule has 1 aliphatic rings. The number of rotatable bonds is 4. The Morgan fingerprint density at radius 3 is 2.60 bits per heavy atom. The van der Waals surface area contributed by atoms with Crippen molar-refractivity contribution >= 4 is 56.4 Å². The highest BCUT2D eigenvalue weighted by atomic mass is 35.5. The standard InChI is InChI=1S/C22H20ClN3O3S/c23-20-15-8-2-4-10-17(15)30-21(20)22(29)25-24-18(27)11-12-19(28)26-13-5-7-14-6-1-3-9-16(14)26/h1-4,6,8-10H,5,7,11-13H2,(H,24,27)(H,25,29). The zero-order chi connectivity index (χ0) is 21.1. The molecular formula is C22H20ClN3O3S. The van der Waals surface area contributed by atoms with Crippen molar-refractivity contribution in [1.29, 1.82) is 0 Å². The molecule has 6 nitrogen and oxygen atoms in total. The van der Waals surface area contributed by atoms with E-state index in [0.717, 1.165) is 34.2 Å². The molecule has 4 rings (SSSR count). The Hall–Kier alpha value is -2.90. The second-order valence-corrected chi connectivity index (χ2v) is 8.45. The smallest absolute Gasteiger partial charge is 0.281 e. The number of hydrazine groups is 1. The van der Waals surface area contributed by atoms with Gasteiger partial charge in [0, 0.05) is 35.2 Å². The van der Waals surface area contributed by atoms with Gasteiger partial charge < -0.3 is 4.90 Å². The van der Waals surface area contributed by atoms with Crippen molar-refractivity contribution in [3.05, 3.63) is 64.0 Å². The first kappa shape index (κ1) is 20.4. The van der Waals surface area contributed by atoms with Gasteiger partial charge in [0.25, 0.3) is 5.91 Å². The van der Waals surface area contributed by atoms with Gasteiger partial charge in [-0.1, -0.05) is 48.0 Å². The largest absolute Gasteiger partial charge is 0.312 e. The van der Waals surface area contributed by atoms with Gasteiger partial charge in [-0.2, -0.15) is 0 Å². The Kier molecular flexibility index (Phi) is 6.01. The van der Waals surface area contributed by atoms with E-state index < -0.39 is 11.8 Å². The summed E-state index contributed by atoms with van der Waals surface area (Å²) in [6.07, 6.45) is 1.91. The Balaban J connectivity index is 1.30. The second kappa shape index (κ2) is 8.85. The molecule has 2 heterocycles. The van der Waals surface area contributed by atoms with Crippen LogP contribution < -0.4 is 15.8 Å². The third kappa shape index (κ3) is 4.17. The lowest BCUT2D eigenvalue weighted by molar-refractivity contribution is -0.125. The van der Waals surface area contributed by atoms with Crippen molar-refractivity contribution < 1.29 is 14.4 Å². The van der Waals surface area contributed by atoms with Gasteiger partial charge >= 0.3 is 0 Å². The van der Waals surface area contributed by atoms with Gasteiger partial charge in [-0.3, -0.25) is 25.2 Å². The van der Waals surface area contributed by atoms with Gasteiger partial charge in [0.05, 0.1) is 5.02 Å². The molecule has 0 fully saturated rings. The first-order valence-electron chi connectivity index (χ1n) is 9.69. The number of anilines is 1. The molecule has 154 valence electrons. The first-order chi connectivity index (χ1) is 14.5. The summed E-state index contributed by atoms with van der Waals surface area (Å²) in [5.74, 6) is -1.01. The first-order valence-corrected chi connectivity index (χ1v) is 10.9. The maximum absolute atomic E-state index is 12.6. The van der Waals surface area contributed by atoms with E-state index in [1.54, 1.807) is 4.90 Å². The predicted molar refractivity (Wildman–Crippen MR) is 119 cm³/mol. The van der Waals surface area contributed by atoms with Gasteiger partial charge in [-0.25, -0.2) is 0 Å². The van der Waals surface area contributed by atoms with Crippen molar-refractivity contribution in [2.75, 3.05) is 11.4 Å². The van der Waals surface area contributed by atoms with Crippen LogP contribution in [0.1, 0.15) is 34.5 Å². The van der Waals surface area contributed by atoms with Crippen LogP contribution in [0.15, 0.2) is 48.5 Å². The molecule has 0 saturated carbocycles. The minimum atomic E-state index is -0.481. The number of para-hydroxylation sites is 1. The quantitative estimate of drug-likeness (QED) is 0.599. The molecule has 2 N–H and O–H groups in total. The Labute approximate surface area is 182 Å². The van der Waals surface area contributed by atoms with Crippen LogP contribution in [0.25, 0.3) is 10.1 Å². The number of benzene rings is 2. The fourth-order valence-corrected chi connectivity index (χ4v) is 4.97. The van der Waals surface area contributed by atoms with Crippen molar-refractivity contribution in [1.82, 2.24) is 10.9 Å². The Bertz CT molecular complexity index is 1130. The minimum absolute atomic E-state index is 0.0159. The summed E-state index contributed by atoms with van der Waals surface area (Å²) < 4.78 is 0.895. The zero-order valence-corrected chi connectivity index (χ0v) is 17.7. The van der Waals surface area contributed by atoms with E-state index in [1.165, 1.54) is 11.3 Å². The average Bonchev–Trinajstić information content (AvgIpc) is 3.12. The number of fused-ring (bicyclic) bond motifs is 2. The van der Waals surface area contributed by atoms with Crippen molar-refractivity contribution in [3.8, 4) is 0 Å². The number of hydrogen-bond donors (Lipinski definition) is 2. The number of nitrogens with zero attached hydrogens (tertiary/aromatic N) is 1. The Morgan fingerprint density at radius 2 is 1.77 bits per heavy atom. The number of hydrogen-bond acceptors (Lipinski definition) is 4. The predicted octanol–water partition coefficient (Wildman–Crippen LogP) is 4.08. The lowest BCUT2D eigenvalue weighted by atomic mass is 10.0. The van der Waals surface area contributed by atoms with Gasteiger partial charge in [-0.05, 0) is 30.5 Å². The van der Waals surface area contributed by atoms with E-state index in [4.69, 9.17) is 11.6 Å². The van der Waals surface area contributed by atoms with Crippen LogP contribution in [0.4, 0.5) is 5.69 Å². The molecule has 0 radical (unpaired) electrons. The fraction of sp³-hybridized carbons (Fsp3) is 0.227. The van der Waals surface area contributed by atoms with E-state index in [9.17, 15) is 14.4 Å². The highest BCUT2D eigenvalue weighted by Crippen LogP contribution is 2.34. The van der Waals surface area contributed by atoms with Crippen LogP contribution in [0.2, 0.25) is 5.02 Å². The van der Waals surface area contributed by atoms with Gasteiger partial charge in [0.15, 0.2) is 0 Å². The van der Waals surface area contributed by atoms with Crippen LogP contribution in [0.3, 0.4) is 0 Å². The number of carbonyl (C=O) groups excluding carboxylic acids is 3. The highest BCUT2D eigenvalue weighted by Gasteiger charge is 2.23. The molecule has 0 aliphatic carbocycles. The van der Waals surface area contributed by atoms with Crippen molar-refractivity contribution in [2.24, 2.45) is 0 Å². The number of thiophene rings is 1. The number of halogens is 1. The zero-order valence-electron chi connectivity index (χ0n) is 16.1. The van der Waals surface area contributed by atoms with Crippen molar-refractivity contribution in [2.45, 2.75) is 25.7 Å². The molecule has 0 bridgehead atoms. The van der Waals surface area contributed by atoms with Crippen LogP contribution in [0, 0.1) is 0 Å². The van der Waals surface area contributed by atoms with Crippen LogP contribution in [-0.4, -0.2) is 24.3 Å². The molecule has 1 aromatic heterocycles. The van der Waals surface area contributed by atoms with E-state index in [0.29, 0.717) is 16.4 Å². The number of nitrogens with one attached hydrogen (secondary N) is 2. The molecule has 3 aromatic rings. The molecule has 3 amide bonds. The third-order valence-electron chi connectivity index (χ3n) is 5.03. The molecule has 1 aliphatic heterocycles. The highest BCUT2D eigenvalue weighted by molar-refractivity contribution is 7.21. The SMILES string of the molecule is O=C(CCC(=O)N1CCCc2ccccc21)NNC(=O)c1sc2ccccc2c1Cl. The summed E-state index contributed by atoms with van der Waals surface area (Å²) >= 11 is 7.54. The van der Waals surface area contributed by atoms with Gasteiger partial charge in [0.1, 0.15) is 4.88 Å². The molecule has 0 spiro atoms. The third-order valence-corrected chi connectivity index (χ3v) is 6.71. The van der Waals surface area contributed by atoms with E-state index in [1.807, 2.05) is 48.5 Å². The number of amides is 3. The maximum Gasteiger partial charge on any atom is 0.281 e. The number of carbonyl (C=O) groups is 3. The van der Waals surface area contributed by atoms with Crippen LogP contribution in [0.5, 0.6) is 0 Å². The van der Waals surface area contributed by atoms with E-state index >= 15 is 0 Å². The van der Waals surface area contributed by atoms with Gasteiger partial charge in [0.2, 0.25) is 11.8 Å². The summed E-state index contributed by atoms with van der Waals surface area (Å²) in [4.78, 5) is 39.2. The van der Waals surface area contributed by atoms with E-state index in [-0.39, 0.29) is 18.7 Å². The molecule has 0 saturated heterocycles. The molecule has 30 heavy (non-hydrogen) atoms. The van der Waals surface area contributed by atoms with Gasteiger partial charge in [-0.15, -0.1) is 11.3 Å². The molecule has 0 atom stereocenters. The topological polar surface area (TPSA) is 78.5 Å². The van der Waals surface area contributed by atoms with Crippen LogP contribution >= 0.6 is 22.9 Å². The van der Waals surface area contributed by atoms with Crippen LogP contribution in [-0.2, 0) is 16.0 Å². The van der Waals surface area contributed by atoms with Crippen molar-refractivity contribution in [3.63, 3.8) is 0 Å². The summed E-state index contributed by atoms with van der Waals surface area (Å²) in [7, 11) is 0. The molecule has 0 unspecified atom stereocenters.